The monoisotopic (exact) mass is 220 g/mol. The van der Waals surface area contributed by atoms with Crippen LogP contribution in [0.15, 0.2) is 24.4 Å². The summed E-state index contributed by atoms with van der Waals surface area (Å²) in [7, 11) is 1.54. The third kappa shape index (κ3) is 2.16. The Kier molecular flexibility index (Phi) is 2.68. The highest BCUT2D eigenvalue weighted by Gasteiger charge is 2.01. The highest BCUT2D eigenvalue weighted by atomic mass is 32.1. The molecule has 5 nitrogen and oxygen atoms in total. The summed E-state index contributed by atoms with van der Waals surface area (Å²) in [6.45, 7) is 0. The minimum absolute atomic E-state index is 0.466. The molecule has 2 aromatic rings. The van der Waals surface area contributed by atoms with Crippen molar-refractivity contribution in [2.45, 2.75) is 0 Å². The zero-order valence-corrected chi connectivity index (χ0v) is 8.78. The number of methoxy groups -OCH3 is 1. The van der Waals surface area contributed by atoms with Crippen LogP contribution in [0.1, 0.15) is 0 Å². The van der Waals surface area contributed by atoms with Gasteiger partial charge >= 0.3 is 0 Å². The van der Waals surface area contributed by atoms with Crippen molar-refractivity contribution in [1.29, 1.82) is 0 Å². The van der Waals surface area contributed by atoms with Gasteiger partial charge in [0.05, 0.1) is 7.11 Å². The van der Waals surface area contributed by atoms with Gasteiger partial charge in [0.15, 0.2) is 5.82 Å². The number of nitrogens with zero attached hydrogens (tertiary/aromatic N) is 3. The van der Waals surface area contributed by atoms with Crippen LogP contribution >= 0.6 is 12.2 Å². The Morgan fingerprint density at radius 1 is 1.27 bits per heavy atom. The summed E-state index contributed by atoms with van der Waals surface area (Å²) < 4.78 is 5.51. The Morgan fingerprint density at radius 3 is 2.73 bits per heavy atom. The average Bonchev–Trinajstić information content (AvgIpc) is 2.29. The van der Waals surface area contributed by atoms with Crippen LogP contribution < -0.4 is 4.74 Å². The first-order valence-corrected chi connectivity index (χ1v) is 4.64. The molecule has 6 heteroatoms. The topological polar surface area (TPSA) is 63.7 Å². The molecule has 0 amide bonds. The zero-order valence-electron chi connectivity index (χ0n) is 7.97. The molecule has 0 unspecified atom stereocenters. The molecule has 0 saturated heterocycles. The van der Waals surface area contributed by atoms with Gasteiger partial charge in [0.1, 0.15) is 10.3 Å². The van der Waals surface area contributed by atoms with E-state index < -0.39 is 0 Å². The number of nitrogens with one attached hydrogen (secondary N) is 1. The van der Waals surface area contributed by atoms with E-state index in [4.69, 9.17) is 17.0 Å². The predicted octanol–water partition coefficient (Wildman–Crippen LogP) is 1.60. The van der Waals surface area contributed by atoms with E-state index in [-0.39, 0.29) is 0 Å². The molecule has 2 heterocycles. The minimum atomic E-state index is 0.466. The van der Waals surface area contributed by atoms with Gasteiger partial charge in [0.25, 0.3) is 0 Å². The lowest BCUT2D eigenvalue weighted by atomic mass is 10.3. The number of aromatic nitrogens is 4. The van der Waals surface area contributed by atoms with Crippen LogP contribution in [0.5, 0.6) is 5.88 Å². The van der Waals surface area contributed by atoms with Crippen molar-refractivity contribution in [3.05, 3.63) is 29.0 Å². The number of hydrogen-bond donors (Lipinski definition) is 1. The highest BCUT2D eigenvalue weighted by molar-refractivity contribution is 7.71. The lowest BCUT2D eigenvalue weighted by molar-refractivity contribution is 0.392. The van der Waals surface area contributed by atoms with Crippen LogP contribution in [0.2, 0.25) is 0 Å². The van der Waals surface area contributed by atoms with Crippen LogP contribution in [0.25, 0.3) is 11.5 Å². The summed E-state index contributed by atoms with van der Waals surface area (Å²) in [6, 6.07) is 5.18. The maximum absolute atomic E-state index is 4.98. The van der Waals surface area contributed by atoms with Gasteiger partial charge in [-0.25, -0.2) is 4.98 Å². The number of aromatic amines is 1. The van der Waals surface area contributed by atoms with Gasteiger partial charge in [-0.15, -0.1) is 10.2 Å². The molecule has 0 radical (unpaired) electrons. The molecule has 2 aromatic heterocycles. The second-order valence-corrected chi connectivity index (χ2v) is 3.18. The number of ether oxygens (including phenoxy) is 1. The fourth-order valence-corrected chi connectivity index (χ4v) is 1.21. The summed E-state index contributed by atoms with van der Waals surface area (Å²) in [5, 5.41) is 7.78. The molecule has 15 heavy (non-hydrogen) atoms. The fourth-order valence-electron chi connectivity index (χ4n) is 1.06. The lowest BCUT2D eigenvalue weighted by Gasteiger charge is -2.00. The van der Waals surface area contributed by atoms with Gasteiger partial charge in [-0.05, 0) is 12.1 Å². The molecular formula is C9H8N4OS. The summed E-state index contributed by atoms with van der Waals surface area (Å²) in [4.78, 5) is 7.02. The first-order valence-electron chi connectivity index (χ1n) is 4.23. The zero-order chi connectivity index (χ0) is 10.7. The van der Waals surface area contributed by atoms with Crippen LogP contribution in [-0.2, 0) is 0 Å². The van der Waals surface area contributed by atoms with E-state index in [0.29, 0.717) is 22.0 Å². The van der Waals surface area contributed by atoms with E-state index in [1.54, 1.807) is 24.4 Å². The maximum Gasteiger partial charge on any atom is 0.233 e. The van der Waals surface area contributed by atoms with Crippen molar-refractivity contribution in [2.24, 2.45) is 0 Å². The van der Waals surface area contributed by atoms with Gasteiger partial charge in [-0.2, -0.15) is 0 Å². The predicted molar refractivity (Wildman–Crippen MR) is 57.0 cm³/mol. The SMILES string of the molecule is COc1ccc(-c2nccc(=S)[nH]2)nn1. The molecule has 0 bridgehead atoms. The molecule has 0 aromatic carbocycles. The lowest BCUT2D eigenvalue weighted by Crippen LogP contribution is -1.95. The molecule has 0 spiro atoms. The number of H-pyrrole nitrogens is 1. The quantitative estimate of drug-likeness (QED) is 0.779. The van der Waals surface area contributed by atoms with Crippen LogP contribution in [0, 0.1) is 4.64 Å². The molecule has 76 valence electrons. The van der Waals surface area contributed by atoms with Crippen molar-refractivity contribution < 1.29 is 4.74 Å². The Labute approximate surface area is 91.2 Å². The normalized spacial score (nSPS) is 9.93. The van der Waals surface area contributed by atoms with Crippen molar-refractivity contribution in [3.63, 3.8) is 0 Å². The van der Waals surface area contributed by atoms with E-state index in [0.717, 1.165) is 0 Å². The molecule has 0 atom stereocenters. The van der Waals surface area contributed by atoms with Gasteiger partial charge in [0.2, 0.25) is 5.88 Å². The average molecular weight is 220 g/mol. The van der Waals surface area contributed by atoms with Crippen molar-refractivity contribution in [1.82, 2.24) is 20.2 Å². The summed E-state index contributed by atoms with van der Waals surface area (Å²) in [5.74, 6) is 1.06. The third-order valence-electron chi connectivity index (χ3n) is 1.76. The Balaban J connectivity index is 2.41. The van der Waals surface area contributed by atoms with E-state index in [9.17, 15) is 0 Å². The standard InChI is InChI=1S/C9H8N4OS/c1-14-7-3-2-6(12-13-7)9-10-5-4-8(15)11-9/h2-5H,1H3,(H,10,11,15). The highest BCUT2D eigenvalue weighted by Crippen LogP contribution is 2.12. The van der Waals surface area contributed by atoms with Crippen LogP contribution in [0.3, 0.4) is 0 Å². The summed E-state index contributed by atoms with van der Waals surface area (Å²) in [6.07, 6.45) is 1.63. The first-order chi connectivity index (χ1) is 7.29. The van der Waals surface area contributed by atoms with Crippen LogP contribution in [-0.4, -0.2) is 27.3 Å². The second kappa shape index (κ2) is 4.14. The maximum atomic E-state index is 4.98. The van der Waals surface area contributed by atoms with E-state index >= 15 is 0 Å². The largest absolute Gasteiger partial charge is 0.480 e. The van der Waals surface area contributed by atoms with E-state index in [2.05, 4.69) is 20.2 Å². The molecule has 0 aliphatic heterocycles. The van der Waals surface area contributed by atoms with Crippen molar-refractivity contribution in [2.75, 3.05) is 7.11 Å². The van der Waals surface area contributed by atoms with E-state index in [1.165, 1.54) is 7.11 Å². The molecular weight excluding hydrogens is 212 g/mol. The van der Waals surface area contributed by atoms with E-state index in [1.807, 2.05) is 0 Å². The Hall–Kier alpha value is -1.82. The minimum Gasteiger partial charge on any atom is -0.480 e. The summed E-state index contributed by atoms with van der Waals surface area (Å²) >= 11 is 4.98. The van der Waals surface area contributed by atoms with Gasteiger partial charge in [0, 0.05) is 12.3 Å². The Morgan fingerprint density at radius 2 is 2.13 bits per heavy atom. The van der Waals surface area contributed by atoms with Crippen molar-refractivity contribution >= 4 is 12.2 Å². The molecule has 1 N–H and O–H groups in total. The van der Waals surface area contributed by atoms with Gasteiger partial charge in [-0.1, -0.05) is 12.2 Å². The van der Waals surface area contributed by atoms with Gasteiger partial charge in [-0.3, -0.25) is 0 Å². The first kappa shape index (κ1) is 9.72. The Bertz CT molecular complexity index is 508. The van der Waals surface area contributed by atoms with Gasteiger partial charge < -0.3 is 9.72 Å². The third-order valence-corrected chi connectivity index (χ3v) is 2.00. The van der Waals surface area contributed by atoms with Crippen LogP contribution in [0.4, 0.5) is 0 Å². The number of hydrogen-bond acceptors (Lipinski definition) is 5. The fraction of sp³-hybridized carbons (Fsp3) is 0.111. The summed E-state index contributed by atoms with van der Waals surface area (Å²) in [5.41, 5.74) is 0.627. The van der Waals surface area contributed by atoms with Crippen molar-refractivity contribution in [3.8, 4) is 17.4 Å². The molecule has 0 aliphatic rings. The molecule has 0 aliphatic carbocycles. The molecule has 2 rings (SSSR count). The second-order valence-electron chi connectivity index (χ2n) is 2.74. The molecule has 0 fully saturated rings. The smallest absolute Gasteiger partial charge is 0.233 e. The number of rotatable bonds is 2. The molecule has 0 saturated carbocycles.